The van der Waals surface area contributed by atoms with E-state index in [0.717, 1.165) is 32.1 Å². The fourth-order valence-electron chi connectivity index (χ4n) is 6.70. The van der Waals surface area contributed by atoms with Gasteiger partial charge in [-0.15, -0.1) is 0 Å². The van der Waals surface area contributed by atoms with Crippen molar-refractivity contribution in [1.29, 1.82) is 0 Å². The molecule has 3 aliphatic rings. The molecule has 1 spiro atoms. The van der Waals surface area contributed by atoms with Crippen LogP contribution in [0.15, 0.2) is 0 Å². The van der Waals surface area contributed by atoms with Gasteiger partial charge in [-0.1, -0.05) is 20.8 Å². The lowest BCUT2D eigenvalue weighted by Crippen LogP contribution is -2.66. The molecule has 3 rings (SSSR count). The summed E-state index contributed by atoms with van der Waals surface area (Å²) in [7, 11) is 0. The van der Waals surface area contributed by atoms with Gasteiger partial charge in [0.2, 0.25) is 0 Å². The van der Waals surface area contributed by atoms with Crippen LogP contribution in [0.2, 0.25) is 0 Å². The maximum atomic E-state index is 10.6. The van der Waals surface area contributed by atoms with E-state index in [1.807, 2.05) is 6.92 Å². The van der Waals surface area contributed by atoms with Crippen LogP contribution in [0.4, 0.5) is 0 Å². The summed E-state index contributed by atoms with van der Waals surface area (Å²) in [4.78, 5) is 0. The van der Waals surface area contributed by atoms with E-state index in [9.17, 15) is 20.4 Å². The van der Waals surface area contributed by atoms with Crippen molar-refractivity contribution in [3.8, 4) is 0 Å². The maximum Gasteiger partial charge on any atom is 0.0942 e. The molecule has 0 unspecified atom stereocenters. The Kier molecular flexibility index (Phi) is 5.05. The topological polar surface area (TPSA) is 90.2 Å². The van der Waals surface area contributed by atoms with E-state index < -0.39 is 17.1 Å². The quantitative estimate of drug-likeness (QED) is 0.617. The number of hydrogen-bond donors (Lipinski definition) is 4. The van der Waals surface area contributed by atoms with Gasteiger partial charge in [0, 0.05) is 23.9 Å². The van der Waals surface area contributed by atoms with E-state index >= 15 is 0 Å². The van der Waals surface area contributed by atoms with Crippen LogP contribution in [-0.4, -0.2) is 57.6 Å². The molecule has 1 heterocycles. The van der Waals surface area contributed by atoms with Crippen molar-refractivity contribution in [1.82, 2.24) is 0 Å². The van der Waals surface area contributed by atoms with E-state index in [-0.39, 0.29) is 36.8 Å². The molecule has 5 heteroatoms. The van der Waals surface area contributed by atoms with Crippen LogP contribution in [0.3, 0.4) is 0 Å². The van der Waals surface area contributed by atoms with Gasteiger partial charge in [0.15, 0.2) is 0 Å². The highest BCUT2D eigenvalue weighted by Crippen LogP contribution is 2.67. The third kappa shape index (κ3) is 2.53. The summed E-state index contributed by atoms with van der Waals surface area (Å²) in [5.41, 5.74) is -1.66. The molecule has 3 fully saturated rings. The van der Waals surface area contributed by atoms with Gasteiger partial charge in [-0.05, 0) is 50.4 Å². The molecule has 1 aliphatic heterocycles. The molecule has 146 valence electrons. The van der Waals surface area contributed by atoms with Gasteiger partial charge in [-0.3, -0.25) is 0 Å². The van der Waals surface area contributed by atoms with Crippen LogP contribution in [0.1, 0.15) is 65.7 Å². The molecule has 0 aromatic carbocycles. The third-order valence-electron chi connectivity index (χ3n) is 8.46. The van der Waals surface area contributed by atoms with Crippen molar-refractivity contribution in [3.05, 3.63) is 0 Å². The molecule has 0 amide bonds. The van der Waals surface area contributed by atoms with Crippen molar-refractivity contribution < 1.29 is 25.2 Å². The first kappa shape index (κ1) is 19.6. The van der Waals surface area contributed by atoms with Gasteiger partial charge in [-0.25, -0.2) is 0 Å². The Bertz CT molecular complexity index is 498. The lowest BCUT2D eigenvalue weighted by molar-refractivity contribution is -0.272. The van der Waals surface area contributed by atoms with E-state index in [4.69, 9.17) is 4.74 Å². The second-order valence-corrected chi connectivity index (χ2v) is 9.47. The van der Waals surface area contributed by atoms with Gasteiger partial charge in [0.25, 0.3) is 0 Å². The lowest BCUT2D eigenvalue weighted by Gasteiger charge is -2.65. The Morgan fingerprint density at radius 2 is 1.68 bits per heavy atom. The molecular formula is C20H36O5. The first-order chi connectivity index (χ1) is 11.7. The minimum Gasteiger partial charge on any atom is -0.396 e. The van der Waals surface area contributed by atoms with Crippen LogP contribution in [0.25, 0.3) is 0 Å². The molecule has 25 heavy (non-hydrogen) atoms. The van der Waals surface area contributed by atoms with Crippen LogP contribution in [-0.2, 0) is 4.74 Å². The molecule has 4 N–H and O–H groups in total. The fraction of sp³-hybridized carbons (Fsp3) is 1.00. The summed E-state index contributed by atoms with van der Waals surface area (Å²) < 4.78 is 6.75. The average Bonchev–Trinajstić information content (AvgIpc) is 2.99. The van der Waals surface area contributed by atoms with Crippen molar-refractivity contribution in [2.45, 2.75) is 83.0 Å². The number of aliphatic hydroxyl groups excluding tert-OH is 4. The number of ether oxygens (including phenoxy) is 1. The zero-order chi connectivity index (χ0) is 18.5. The van der Waals surface area contributed by atoms with Gasteiger partial charge in [0.05, 0.1) is 30.5 Å². The first-order valence-electron chi connectivity index (χ1n) is 9.94. The summed E-state index contributed by atoms with van der Waals surface area (Å²) >= 11 is 0. The van der Waals surface area contributed by atoms with E-state index in [2.05, 4.69) is 13.8 Å². The molecule has 0 bridgehead atoms. The average molecular weight is 357 g/mol. The highest BCUT2D eigenvalue weighted by Gasteiger charge is 2.68. The summed E-state index contributed by atoms with van der Waals surface area (Å²) in [6.45, 7) is 6.47. The number of rotatable bonds is 4. The van der Waals surface area contributed by atoms with Crippen molar-refractivity contribution in [3.63, 3.8) is 0 Å². The Balaban J connectivity index is 2.02. The third-order valence-corrected chi connectivity index (χ3v) is 8.46. The minimum atomic E-state index is -0.653. The number of fused-ring (bicyclic) bond motifs is 2. The first-order valence-corrected chi connectivity index (χ1v) is 9.94. The largest absolute Gasteiger partial charge is 0.396 e. The summed E-state index contributed by atoms with van der Waals surface area (Å²) in [6, 6.07) is 0. The molecule has 1 saturated heterocycles. The molecular weight excluding hydrogens is 320 g/mol. The summed E-state index contributed by atoms with van der Waals surface area (Å²) in [5, 5.41) is 40.2. The molecule has 0 aromatic rings. The highest BCUT2D eigenvalue weighted by atomic mass is 16.5. The van der Waals surface area contributed by atoms with Crippen molar-refractivity contribution in [2.24, 2.45) is 22.7 Å². The second-order valence-electron chi connectivity index (χ2n) is 9.47. The standard InChI is InChI=1S/C20H36O5/c1-14-4-5-15-17(2,12-22)16(24)6-7-18(15,3)20(14)9-8-19(13-23,25-20)10-11-21/h14-16,21-24H,4-13H2,1-3H3/t14-,15+,16-,17+,18-,19-,20-/m0/s1. The lowest BCUT2D eigenvalue weighted by atomic mass is 9.43. The predicted molar refractivity (Wildman–Crippen MR) is 95.0 cm³/mol. The van der Waals surface area contributed by atoms with Crippen LogP contribution in [0, 0.1) is 22.7 Å². The van der Waals surface area contributed by atoms with Crippen LogP contribution in [0.5, 0.6) is 0 Å². The Labute approximate surface area is 151 Å². The molecule has 7 atom stereocenters. The van der Waals surface area contributed by atoms with Crippen LogP contribution < -0.4 is 0 Å². The number of hydrogen-bond acceptors (Lipinski definition) is 5. The monoisotopic (exact) mass is 356 g/mol. The fourth-order valence-corrected chi connectivity index (χ4v) is 6.70. The summed E-state index contributed by atoms with van der Waals surface area (Å²) in [6.07, 6.45) is 5.15. The molecule has 0 aromatic heterocycles. The highest BCUT2D eigenvalue weighted by molar-refractivity contribution is 5.17. The molecule has 0 radical (unpaired) electrons. The SMILES string of the molecule is C[C@H]1CC[C@@H]2[C@@](C)(CO)[C@@H](O)CC[C@]2(C)[C@]12CC[C@@](CO)(CCO)O2. The predicted octanol–water partition coefficient (Wildman–Crippen LogP) is 1.85. The Morgan fingerprint density at radius 1 is 0.960 bits per heavy atom. The molecule has 5 nitrogen and oxygen atoms in total. The van der Waals surface area contributed by atoms with Crippen molar-refractivity contribution in [2.75, 3.05) is 19.8 Å². The smallest absolute Gasteiger partial charge is 0.0942 e. The van der Waals surface area contributed by atoms with E-state index in [0.29, 0.717) is 18.8 Å². The maximum absolute atomic E-state index is 10.6. The van der Waals surface area contributed by atoms with Gasteiger partial charge < -0.3 is 25.2 Å². The van der Waals surface area contributed by atoms with Gasteiger partial charge in [0.1, 0.15) is 0 Å². The van der Waals surface area contributed by atoms with Gasteiger partial charge >= 0.3 is 0 Å². The van der Waals surface area contributed by atoms with Crippen LogP contribution >= 0.6 is 0 Å². The second kappa shape index (κ2) is 6.45. The molecule has 2 saturated carbocycles. The minimum absolute atomic E-state index is 0.0121. The Morgan fingerprint density at radius 3 is 2.28 bits per heavy atom. The summed E-state index contributed by atoms with van der Waals surface area (Å²) in [5.74, 6) is 0.549. The number of aliphatic hydroxyl groups is 4. The van der Waals surface area contributed by atoms with E-state index in [1.165, 1.54) is 0 Å². The zero-order valence-corrected chi connectivity index (χ0v) is 16.0. The van der Waals surface area contributed by atoms with Gasteiger partial charge in [-0.2, -0.15) is 0 Å². The van der Waals surface area contributed by atoms with Crippen molar-refractivity contribution >= 4 is 0 Å². The molecule has 2 aliphatic carbocycles. The normalized spacial score (nSPS) is 53.2. The van der Waals surface area contributed by atoms with E-state index in [1.54, 1.807) is 0 Å². The Hall–Kier alpha value is -0.200. The zero-order valence-electron chi connectivity index (χ0n) is 16.0.